The Kier molecular flexibility index (Phi) is 5.30. The number of hydrogen-bond donors (Lipinski definition) is 1. The molecule has 0 amide bonds. The minimum atomic E-state index is 0.736. The molecule has 17 heavy (non-hydrogen) atoms. The average molecular weight is 238 g/mol. The first-order valence-corrected chi connectivity index (χ1v) is 7.82. The van der Waals surface area contributed by atoms with Crippen LogP contribution < -0.4 is 5.32 Å². The summed E-state index contributed by atoms with van der Waals surface area (Å²) in [7, 11) is 0. The summed E-state index contributed by atoms with van der Waals surface area (Å²) in [5.74, 6) is 1.04. The van der Waals surface area contributed by atoms with Crippen molar-refractivity contribution in [2.45, 2.75) is 70.9 Å². The molecular formula is C15H30N2. The van der Waals surface area contributed by atoms with Gasteiger partial charge in [-0.15, -0.1) is 0 Å². The smallest absolute Gasteiger partial charge is 0.0124 e. The average Bonchev–Trinajstić information content (AvgIpc) is 2.78. The first kappa shape index (κ1) is 13.4. The molecule has 100 valence electrons. The van der Waals surface area contributed by atoms with Crippen LogP contribution in [0.2, 0.25) is 0 Å². The normalized spacial score (nSPS) is 29.8. The van der Waals surface area contributed by atoms with Gasteiger partial charge in [-0.05, 0) is 44.6 Å². The summed E-state index contributed by atoms with van der Waals surface area (Å²) in [4.78, 5) is 2.76. The molecule has 2 nitrogen and oxygen atoms in total. The zero-order valence-corrected chi connectivity index (χ0v) is 11.8. The van der Waals surface area contributed by atoms with Gasteiger partial charge < -0.3 is 5.32 Å². The number of rotatable bonds is 6. The summed E-state index contributed by atoms with van der Waals surface area (Å²) in [6.45, 7) is 8.40. The number of likely N-dealkylation sites (tertiary alicyclic amines) is 1. The lowest BCUT2D eigenvalue weighted by Gasteiger charge is -2.32. The third-order valence-electron chi connectivity index (χ3n) is 4.94. The zero-order valence-electron chi connectivity index (χ0n) is 11.8. The zero-order chi connectivity index (χ0) is 12.1. The highest BCUT2D eigenvalue weighted by molar-refractivity contribution is 4.89. The maximum Gasteiger partial charge on any atom is 0.0124 e. The summed E-state index contributed by atoms with van der Waals surface area (Å²) in [6.07, 6.45) is 9.93. The standard InChI is InChI=1S/C15H30N2/c1-3-14(4-2)16-10-12-17-11-9-13-7-5-6-8-15(13)17/h13-16H,3-12H2,1-2H3. The van der Waals surface area contributed by atoms with Gasteiger partial charge in [0.25, 0.3) is 0 Å². The van der Waals surface area contributed by atoms with Gasteiger partial charge >= 0.3 is 0 Å². The predicted molar refractivity (Wildman–Crippen MR) is 74.3 cm³/mol. The summed E-state index contributed by atoms with van der Waals surface area (Å²) in [5.41, 5.74) is 0. The largest absolute Gasteiger partial charge is 0.313 e. The van der Waals surface area contributed by atoms with Crippen molar-refractivity contribution in [3.8, 4) is 0 Å². The van der Waals surface area contributed by atoms with E-state index in [2.05, 4.69) is 24.1 Å². The Morgan fingerprint density at radius 3 is 2.65 bits per heavy atom. The van der Waals surface area contributed by atoms with Crippen molar-refractivity contribution in [3.63, 3.8) is 0 Å². The molecule has 1 aliphatic carbocycles. The van der Waals surface area contributed by atoms with Gasteiger partial charge in [-0.2, -0.15) is 0 Å². The highest BCUT2D eigenvalue weighted by atomic mass is 15.2. The van der Waals surface area contributed by atoms with Crippen LogP contribution in [0.3, 0.4) is 0 Å². The van der Waals surface area contributed by atoms with Gasteiger partial charge in [-0.1, -0.05) is 26.7 Å². The second kappa shape index (κ2) is 6.75. The van der Waals surface area contributed by atoms with Crippen molar-refractivity contribution in [1.82, 2.24) is 10.2 Å². The van der Waals surface area contributed by atoms with E-state index in [1.807, 2.05) is 0 Å². The molecule has 0 radical (unpaired) electrons. The molecule has 2 fully saturated rings. The molecule has 0 aromatic carbocycles. The van der Waals surface area contributed by atoms with Crippen LogP contribution in [0.4, 0.5) is 0 Å². The molecule has 0 aromatic heterocycles. The van der Waals surface area contributed by atoms with E-state index in [1.54, 1.807) is 0 Å². The molecule has 1 N–H and O–H groups in total. The Morgan fingerprint density at radius 2 is 1.88 bits per heavy atom. The molecule has 1 saturated carbocycles. The lowest BCUT2D eigenvalue weighted by atomic mass is 9.85. The minimum absolute atomic E-state index is 0.736. The molecule has 2 atom stereocenters. The monoisotopic (exact) mass is 238 g/mol. The van der Waals surface area contributed by atoms with Crippen molar-refractivity contribution in [3.05, 3.63) is 0 Å². The van der Waals surface area contributed by atoms with Crippen LogP contribution in [0.5, 0.6) is 0 Å². The molecule has 2 aliphatic rings. The highest BCUT2D eigenvalue weighted by Crippen LogP contribution is 2.35. The molecule has 1 aliphatic heterocycles. The fraction of sp³-hybridized carbons (Fsp3) is 1.00. The van der Waals surface area contributed by atoms with Crippen molar-refractivity contribution in [2.24, 2.45) is 5.92 Å². The Balaban J connectivity index is 1.69. The predicted octanol–water partition coefficient (Wildman–Crippen LogP) is 3.03. The quantitative estimate of drug-likeness (QED) is 0.765. The van der Waals surface area contributed by atoms with E-state index in [1.165, 1.54) is 64.6 Å². The van der Waals surface area contributed by atoms with Gasteiger partial charge in [0, 0.05) is 25.2 Å². The second-order valence-corrected chi connectivity index (χ2v) is 5.90. The van der Waals surface area contributed by atoms with E-state index in [0.717, 1.165) is 18.0 Å². The summed E-state index contributed by atoms with van der Waals surface area (Å²) in [6, 6.07) is 1.67. The lowest BCUT2D eigenvalue weighted by Crippen LogP contribution is -2.41. The molecule has 0 bridgehead atoms. The van der Waals surface area contributed by atoms with Gasteiger partial charge in [0.2, 0.25) is 0 Å². The SMILES string of the molecule is CCC(CC)NCCN1CCC2CCCCC21. The molecule has 2 unspecified atom stereocenters. The number of hydrogen-bond acceptors (Lipinski definition) is 2. The van der Waals surface area contributed by atoms with Gasteiger partial charge in [-0.3, -0.25) is 4.90 Å². The number of fused-ring (bicyclic) bond motifs is 1. The van der Waals surface area contributed by atoms with Crippen LogP contribution in [-0.2, 0) is 0 Å². The van der Waals surface area contributed by atoms with Gasteiger partial charge in [-0.25, -0.2) is 0 Å². The topological polar surface area (TPSA) is 15.3 Å². The van der Waals surface area contributed by atoms with E-state index in [9.17, 15) is 0 Å². The van der Waals surface area contributed by atoms with Crippen LogP contribution in [0.1, 0.15) is 58.8 Å². The van der Waals surface area contributed by atoms with E-state index in [0.29, 0.717) is 0 Å². The maximum absolute atomic E-state index is 3.70. The third kappa shape index (κ3) is 3.45. The molecular weight excluding hydrogens is 208 g/mol. The van der Waals surface area contributed by atoms with Crippen molar-refractivity contribution in [2.75, 3.05) is 19.6 Å². The Hall–Kier alpha value is -0.0800. The van der Waals surface area contributed by atoms with Crippen molar-refractivity contribution in [1.29, 1.82) is 0 Å². The molecule has 1 heterocycles. The van der Waals surface area contributed by atoms with Crippen LogP contribution >= 0.6 is 0 Å². The van der Waals surface area contributed by atoms with Gasteiger partial charge in [0.1, 0.15) is 0 Å². The fourth-order valence-electron chi connectivity index (χ4n) is 3.77. The molecule has 0 spiro atoms. The van der Waals surface area contributed by atoms with Gasteiger partial charge in [0.15, 0.2) is 0 Å². The van der Waals surface area contributed by atoms with Crippen LogP contribution in [-0.4, -0.2) is 36.6 Å². The number of nitrogens with zero attached hydrogens (tertiary/aromatic N) is 1. The first-order valence-electron chi connectivity index (χ1n) is 7.82. The van der Waals surface area contributed by atoms with E-state index in [4.69, 9.17) is 0 Å². The fourth-order valence-corrected chi connectivity index (χ4v) is 3.77. The van der Waals surface area contributed by atoms with E-state index >= 15 is 0 Å². The summed E-state index contributed by atoms with van der Waals surface area (Å²) < 4.78 is 0. The van der Waals surface area contributed by atoms with Crippen LogP contribution in [0.25, 0.3) is 0 Å². The summed E-state index contributed by atoms with van der Waals surface area (Å²) >= 11 is 0. The van der Waals surface area contributed by atoms with E-state index in [-0.39, 0.29) is 0 Å². The van der Waals surface area contributed by atoms with Crippen LogP contribution in [0.15, 0.2) is 0 Å². The number of nitrogens with one attached hydrogen (secondary N) is 1. The van der Waals surface area contributed by atoms with Crippen molar-refractivity contribution >= 4 is 0 Å². The molecule has 2 heteroatoms. The molecule has 0 aromatic rings. The maximum atomic E-state index is 3.70. The van der Waals surface area contributed by atoms with E-state index < -0.39 is 0 Å². The molecule has 2 rings (SSSR count). The van der Waals surface area contributed by atoms with Gasteiger partial charge in [0.05, 0.1) is 0 Å². The first-order chi connectivity index (χ1) is 8.35. The Bertz CT molecular complexity index is 213. The Labute approximate surface area is 107 Å². The highest BCUT2D eigenvalue weighted by Gasteiger charge is 2.34. The Morgan fingerprint density at radius 1 is 1.12 bits per heavy atom. The lowest BCUT2D eigenvalue weighted by molar-refractivity contribution is 0.181. The molecule has 1 saturated heterocycles. The van der Waals surface area contributed by atoms with Crippen LogP contribution in [0, 0.1) is 5.92 Å². The second-order valence-electron chi connectivity index (χ2n) is 5.90. The third-order valence-corrected chi connectivity index (χ3v) is 4.94. The van der Waals surface area contributed by atoms with Crippen molar-refractivity contribution < 1.29 is 0 Å². The summed E-state index contributed by atoms with van der Waals surface area (Å²) in [5, 5.41) is 3.70. The minimum Gasteiger partial charge on any atom is -0.313 e.